The van der Waals surface area contributed by atoms with Gasteiger partial charge in [-0.2, -0.15) is 0 Å². The van der Waals surface area contributed by atoms with Crippen molar-refractivity contribution < 1.29 is 22.7 Å². The Morgan fingerprint density at radius 1 is 0.854 bits per heavy atom. The van der Waals surface area contributed by atoms with E-state index in [4.69, 9.17) is 27.9 Å². The Kier molecular flexibility index (Phi) is 12.0. The van der Waals surface area contributed by atoms with Gasteiger partial charge in [0.25, 0.3) is 10.0 Å². The van der Waals surface area contributed by atoms with E-state index in [1.165, 1.54) is 17.0 Å². The zero-order valence-electron chi connectivity index (χ0n) is 26.7. The minimum atomic E-state index is -4.23. The van der Waals surface area contributed by atoms with E-state index in [-0.39, 0.29) is 29.8 Å². The molecule has 8 nitrogen and oxygen atoms in total. The first-order chi connectivity index (χ1) is 23.2. The SMILES string of the molecule is CCOc1ccc(S(=O)(=O)N(CC(=O)N(Cc2ccc(Cl)c(Cl)c2)[C@H](Cc2ccccc2)C(=O)NC2CCCC2)c2ccccc2)cc1. The molecule has 1 aliphatic rings. The molecule has 48 heavy (non-hydrogen) atoms. The fraction of sp³-hybridized carbons (Fsp3) is 0.297. The van der Waals surface area contributed by atoms with Crippen molar-refractivity contribution in [2.24, 2.45) is 0 Å². The third-order valence-corrected chi connectivity index (χ3v) is 10.9. The van der Waals surface area contributed by atoms with Gasteiger partial charge in [0.05, 0.1) is 27.2 Å². The molecule has 0 radical (unpaired) electrons. The van der Waals surface area contributed by atoms with Crippen molar-refractivity contribution in [2.45, 2.75) is 62.6 Å². The molecule has 11 heteroatoms. The highest BCUT2D eigenvalue weighted by Gasteiger charge is 2.35. The van der Waals surface area contributed by atoms with Crippen molar-refractivity contribution in [3.05, 3.63) is 124 Å². The fourth-order valence-electron chi connectivity index (χ4n) is 5.88. The Hall–Kier alpha value is -4.05. The summed E-state index contributed by atoms with van der Waals surface area (Å²) in [6, 6.07) is 28.1. The van der Waals surface area contributed by atoms with Gasteiger partial charge < -0.3 is 15.0 Å². The molecule has 4 aromatic carbocycles. The first-order valence-corrected chi connectivity index (χ1v) is 18.2. The number of carbonyl (C=O) groups is 2. The van der Waals surface area contributed by atoms with Crippen LogP contribution >= 0.6 is 23.2 Å². The molecular formula is C37H39Cl2N3O5S. The van der Waals surface area contributed by atoms with Gasteiger partial charge in [0.2, 0.25) is 11.8 Å². The molecule has 0 saturated heterocycles. The summed E-state index contributed by atoms with van der Waals surface area (Å²) in [6.07, 6.45) is 4.01. The van der Waals surface area contributed by atoms with E-state index in [2.05, 4.69) is 5.32 Å². The normalized spacial score (nSPS) is 13.9. The van der Waals surface area contributed by atoms with Crippen LogP contribution in [-0.2, 0) is 32.6 Å². The number of ether oxygens (including phenoxy) is 1. The summed E-state index contributed by atoms with van der Waals surface area (Å²) in [6.45, 7) is 1.72. The Bertz CT molecular complexity index is 1790. The molecular weight excluding hydrogens is 669 g/mol. The largest absolute Gasteiger partial charge is 0.494 e. The summed E-state index contributed by atoms with van der Waals surface area (Å²) in [5.41, 5.74) is 1.81. The molecule has 252 valence electrons. The number of carbonyl (C=O) groups excluding carboxylic acids is 2. The molecule has 5 rings (SSSR count). The lowest BCUT2D eigenvalue weighted by Crippen LogP contribution is -2.54. The van der Waals surface area contributed by atoms with Crippen LogP contribution in [0.15, 0.2) is 108 Å². The zero-order valence-corrected chi connectivity index (χ0v) is 29.1. The van der Waals surface area contributed by atoms with Crippen molar-refractivity contribution in [1.82, 2.24) is 10.2 Å². The van der Waals surface area contributed by atoms with Crippen LogP contribution in [-0.4, -0.2) is 50.4 Å². The second-order valence-electron chi connectivity index (χ2n) is 11.7. The summed E-state index contributed by atoms with van der Waals surface area (Å²) < 4.78 is 35.0. The molecule has 4 aromatic rings. The van der Waals surface area contributed by atoms with Crippen LogP contribution in [0.5, 0.6) is 5.75 Å². The minimum Gasteiger partial charge on any atom is -0.494 e. The Labute approximate surface area is 292 Å². The summed E-state index contributed by atoms with van der Waals surface area (Å²) in [7, 11) is -4.23. The van der Waals surface area contributed by atoms with Gasteiger partial charge in [0.15, 0.2) is 0 Å². The maximum Gasteiger partial charge on any atom is 0.264 e. The van der Waals surface area contributed by atoms with Gasteiger partial charge >= 0.3 is 0 Å². The second kappa shape index (κ2) is 16.4. The number of halogens is 2. The number of nitrogens with zero attached hydrogens (tertiary/aromatic N) is 2. The summed E-state index contributed by atoms with van der Waals surface area (Å²) in [5, 5.41) is 3.84. The van der Waals surface area contributed by atoms with Gasteiger partial charge in [0, 0.05) is 19.0 Å². The summed E-state index contributed by atoms with van der Waals surface area (Å²) >= 11 is 12.6. The maximum atomic E-state index is 14.6. The van der Waals surface area contributed by atoms with Crippen LogP contribution < -0.4 is 14.4 Å². The van der Waals surface area contributed by atoms with Crippen LogP contribution in [0.3, 0.4) is 0 Å². The number of benzene rings is 4. The van der Waals surface area contributed by atoms with Crippen molar-refractivity contribution in [3.8, 4) is 5.75 Å². The quantitative estimate of drug-likeness (QED) is 0.149. The third-order valence-electron chi connectivity index (χ3n) is 8.36. The lowest BCUT2D eigenvalue weighted by molar-refractivity contribution is -0.140. The Balaban J connectivity index is 1.55. The first kappa shape index (κ1) is 35.3. The fourth-order valence-corrected chi connectivity index (χ4v) is 7.62. The van der Waals surface area contributed by atoms with Crippen LogP contribution in [0.2, 0.25) is 10.0 Å². The van der Waals surface area contributed by atoms with Gasteiger partial charge in [-0.05, 0) is 79.4 Å². The number of para-hydroxylation sites is 1. The molecule has 0 aliphatic heterocycles. The van der Waals surface area contributed by atoms with E-state index in [1.807, 2.05) is 37.3 Å². The smallest absolute Gasteiger partial charge is 0.264 e. The predicted molar refractivity (Wildman–Crippen MR) is 190 cm³/mol. The monoisotopic (exact) mass is 707 g/mol. The standard InChI is InChI=1S/C37H39Cl2N3O5S/c1-2-47-31-18-20-32(21-19-31)48(45,46)42(30-15-7-4-8-16-30)26-36(43)41(25-28-17-22-33(38)34(39)23-28)35(24-27-11-5-3-6-12-27)37(44)40-29-13-9-10-14-29/h3-8,11-12,15-23,29,35H,2,9-10,13-14,24-26H2,1H3,(H,40,44)/t35-/m1/s1. The number of hydrogen-bond acceptors (Lipinski definition) is 5. The molecule has 0 heterocycles. The van der Waals surface area contributed by atoms with E-state index in [9.17, 15) is 18.0 Å². The molecule has 1 fully saturated rings. The van der Waals surface area contributed by atoms with E-state index in [0.29, 0.717) is 33.7 Å². The van der Waals surface area contributed by atoms with Gasteiger partial charge in [-0.3, -0.25) is 13.9 Å². The molecule has 2 amide bonds. The van der Waals surface area contributed by atoms with Crippen molar-refractivity contribution in [3.63, 3.8) is 0 Å². The lowest BCUT2D eigenvalue weighted by Gasteiger charge is -2.34. The topological polar surface area (TPSA) is 96.0 Å². The maximum absolute atomic E-state index is 14.6. The summed E-state index contributed by atoms with van der Waals surface area (Å²) in [5.74, 6) is -0.314. The van der Waals surface area contributed by atoms with Crippen LogP contribution in [0.4, 0.5) is 5.69 Å². The molecule has 0 spiro atoms. The second-order valence-corrected chi connectivity index (χ2v) is 14.4. The van der Waals surface area contributed by atoms with Gasteiger partial charge in [-0.15, -0.1) is 0 Å². The highest BCUT2D eigenvalue weighted by atomic mass is 35.5. The number of rotatable bonds is 14. The predicted octanol–water partition coefficient (Wildman–Crippen LogP) is 7.29. The number of anilines is 1. The average Bonchev–Trinajstić information content (AvgIpc) is 3.61. The van der Waals surface area contributed by atoms with Gasteiger partial charge in [-0.25, -0.2) is 8.42 Å². The highest BCUT2D eigenvalue weighted by molar-refractivity contribution is 7.92. The minimum absolute atomic E-state index is 0.00143. The molecule has 1 saturated carbocycles. The average molecular weight is 709 g/mol. The van der Waals surface area contributed by atoms with E-state index in [0.717, 1.165) is 35.6 Å². The molecule has 1 N–H and O–H groups in total. The van der Waals surface area contributed by atoms with Crippen molar-refractivity contribution in [1.29, 1.82) is 0 Å². The van der Waals surface area contributed by atoms with E-state index < -0.39 is 28.5 Å². The highest BCUT2D eigenvalue weighted by Crippen LogP contribution is 2.28. The van der Waals surface area contributed by atoms with Gasteiger partial charge in [0.1, 0.15) is 18.3 Å². The third kappa shape index (κ3) is 8.89. The number of hydrogen-bond donors (Lipinski definition) is 1. The van der Waals surface area contributed by atoms with Crippen LogP contribution in [0, 0.1) is 0 Å². The van der Waals surface area contributed by atoms with Crippen molar-refractivity contribution in [2.75, 3.05) is 17.5 Å². The lowest BCUT2D eigenvalue weighted by atomic mass is 10.0. The van der Waals surface area contributed by atoms with Crippen LogP contribution in [0.1, 0.15) is 43.7 Å². The number of amides is 2. The molecule has 1 aliphatic carbocycles. The van der Waals surface area contributed by atoms with Gasteiger partial charge in [-0.1, -0.05) is 90.6 Å². The first-order valence-electron chi connectivity index (χ1n) is 16.0. The Morgan fingerprint density at radius 2 is 1.50 bits per heavy atom. The van der Waals surface area contributed by atoms with Crippen molar-refractivity contribution >= 4 is 50.7 Å². The Morgan fingerprint density at radius 3 is 2.12 bits per heavy atom. The van der Waals surface area contributed by atoms with Crippen LogP contribution in [0.25, 0.3) is 0 Å². The number of nitrogens with one attached hydrogen (secondary N) is 1. The summed E-state index contributed by atoms with van der Waals surface area (Å²) in [4.78, 5) is 30.2. The molecule has 0 aromatic heterocycles. The number of sulfonamides is 1. The molecule has 0 bridgehead atoms. The molecule has 0 unspecified atom stereocenters. The van der Waals surface area contributed by atoms with E-state index in [1.54, 1.807) is 60.7 Å². The van der Waals surface area contributed by atoms with E-state index >= 15 is 0 Å². The molecule has 1 atom stereocenters. The zero-order chi connectivity index (χ0) is 34.1.